The number of nitrogens with zero attached hydrogens (tertiary/aromatic N) is 2. The first-order chi connectivity index (χ1) is 12.7. The number of rotatable bonds is 3. The molecule has 0 bridgehead atoms. The smallest absolute Gasteiger partial charge is 0.252 e. The molecule has 0 radical (unpaired) electrons. The molecule has 3 aromatic carbocycles. The molecule has 0 aliphatic heterocycles. The van der Waals surface area contributed by atoms with Crippen molar-refractivity contribution in [2.45, 2.75) is 6.42 Å². The maximum atomic E-state index is 12.4. The quantitative estimate of drug-likeness (QED) is 0.551. The number of benzene rings is 3. The zero-order valence-corrected chi connectivity index (χ0v) is 15.4. The molecule has 130 valence electrons. The van der Waals surface area contributed by atoms with Gasteiger partial charge in [-0.1, -0.05) is 53.8 Å². The highest BCUT2D eigenvalue weighted by Gasteiger charge is 2.09. The number of hydrogen-bond acceptors (Lipinski definition) is 3. The SMILES string of the molecule is COc1ccc(CC(=O)N=c2sc3c4ccccc4ccc3n2C)cc1. The lowest BCUT2D eigenvalue weighted by Gasteiger charge is -2.01. The first-order valence-corrected chi connectivity index (χ1v) is 9.15. The summed E-state index contributed by atoms with van der Waals surface area (Å²) in [4.78, 5) is 17.5. The van der Waals surface area contributed by atoms with Crippen LogP contribution in [-0.2, 0) is 18.3 Å². The van der Waals surface area contributed by atoms with E-state index in [9.17, 15) is 4.79 Å². The van der Waals surface area contributed by atoms with Crippen molar-refractivity contribution in [2.75, 3.05) is 7.11 Å². The Morgan fingerprint density at radius 2 is 1.85 bits per heavy atom. The number of carbonyl (C=O) groups is 1. The maximum Gasteiger partial charge on any atom is 0.252 e. The number of ether oxygens (including phenoxy) is 1. The fourth-order valence-electron chi connectivity index (χ4n) is 3.03. The number of aromatic nitrogens is 1. The van der Waals surface area contributed by atoms with Gasteiger partial charge in [0.15, 0.2) is 4.80 Å². The second-order valence-electron chi connectivity index (χ2n) is 6.11. The molecule has 0 N–H and O–H groups in total. The van der Waals surface area contributed by atoms with Gasteiger partial charge in [-0.15, -0.1) is 0 Å². The normalized spacial score (nSPS) is 12.0. The average molecular weight is 362 g/mol. The molecule has 0 fully saturated rings. The summed E-state index contributed by atoms with van der Waals surface area (Å²) in [6, 6.07) is 20.0. The molecule has 4 nitrogen and oxygen atoms in total. The van der Waals surface area contributed by atoms with Gasteiger partial charge in [0.1, 0.15) is 5.75 Å². The van der Waals surface area contributed by atoms with Crippen LogP contribution in [0.2, 0.25) is 0 Å². The summed E-state index contributed by atoms with van der Waals surface area (Å²) in [5, 5.41) is 2.38. The second kappa shape index (κ2) is 6.77. The molecule has 0 saturated carbocycles. The third-order valence-electron chi connectivity index (χ3n) is 4.44. The van der Waals surface area contributed by atoms with Crippen LogP contribution < -0.4 is 9.54 Å². The first kappa shape index (κ1) is 16.5. The van der Waals surface area contributed by atoms with Crippen molar-refractivity contribution >= 4 is 38.2 Å². The molecule has 0 atom stereocenters. The zero-order chi connectivity index (χ0) is 18.1. The highest BCUT2D eigenvalue weighted by atomic mass is 32.1. The number of thiazole rings is 1. The second-order valence-corrected chi connectivity index (χ2v) is 7.09. The molecule has 0 aliphatic rings. The van der Waals surface area contributed by atoms with E-state index in [0.717, 1.165) is 26.3 Å². The maximum absolute atomic E-state index is 12.4. The highest BCUT2D eigenvalue weighted by molar-refractivity contribution is 7.17. The summed E-state index contributed by atoms with van der Waals surface area (Å²) in [5.41, 5.74) is 2.01. The first-order valence-electron chi connectivity index (χ1n) is 8.33. The van der Waals surface area contributed by atoms with Crippen molar-refractivity contribution in [1.29, 1.82) is 0 Å². The van der Waals surface area contributed by atoms with Gasteiger partial charge in [0.2, 0.25) is 0 Å². The van der Waals surface area contributed by atoms with Crippen molar-refractivity contribution in [3.8, 4) is 5.75 Å². The largest absolute Gasteiger partial charge is 0.497 e. The predicted molar refractivity (Wildman–Crippen MR) is 106 cm³/mol. The molecule has 0 spiro atoms. The van der Waals surface area contributed by atoms with Gasteiger partial charge in [-0.05, 0) is 29.1 Å². The van der Waals surface area contributed by atoms with E-state index in [1.807, 2.05) is 48.0 Å². The highest BCUT2D eigenvalue weighted by Crippen LogP contribution is 2.27. The van der Waals surface area contributed by atoms with Crippen LogP contribution in [0.25, 0.3) is 21.0 Å². The van der Waals surface area contributed by atoms with E-state index >= 15 is 0 Å². The minimum absolute atomic E-state index is 0.151. The Hall–Kier alpha value is -2.92. The number of hydrogen-bond donors (Lipinski definition) is 0. The van der Waals surface area contributed by atoms with Crippen LogP contribution >= 0.6 is 11.3 Å². The Bertz CT molecular complexity index is 1170. The van der Waals surface area contributed by atoms with Crippen molar-refractivity contribution < 1.29 is 9.53 Å². The van der Waals surface area contributed by atoms with Gasteiger partial charge in [0.25, 0.3) is 5.91 Å². The van der Waals surface area contributed by atoms with Gasteiger partial charge in [0, 0.05) is 12.4 Å². The van der Waals surface area contributed by atoms with Crippen LogP contribution in [0.3, 0.4) is 0 Å². The number of fused-ring (bicyclic) bond motifs is 3. The van der Waals surface area contributed by atoms with E-state index in [2.05, 4.69) is 29.3 Å². The molecule has 0 unspecified atom stereocenters. The summed E-state index contributed by atoms with van der Waals surface area (Å²) in [5.74, 6) is 0.627. The molecular formula is C21H18N2O2S. The zero-order valence-electron chi connectivity index (χ0n) is 14.6. The molecule has 26 heavy (non-hydrogen) atoms. The van der Waals surface area contributed by atoms with Crippen LogP contribution in [-0.4, -0.2) is 17.6 Å². The Kier molecular flexibility index (Phi) is 4.31. The number of methoxy groups -OCH3 is 1. The minimum Gasteiger partial charge on any atom is -0.497 e. The Morgan fingerprint density at radius 1 is 1.08 bits per heavy atom. The third-order valence-corrected chi connectivity index (χ3v) is 5.62. The summed E-state index contributed by atoms with van der Waals surface area (Å²) in [6.07, 6.45) is 0.277. The third kappa shape index (κ3) is 3.02. The monoisotopic (exact) mass is 362 g/mol. The predicted octanol–water partition coefficient (Wildman–Crippen LogP) is 4.07. The Balaban J connectivity index is 1.71. The van der Waals surface area contributed by atoms with Crippen LogP contribution in [0.4, 0.5) is 0 Å². The minimum atomic E-state index is -0.151. The van der Waals surface area contributed by atoms with Gasteiger partial charge in [-0.3, -0.25) is 4.79 Å². The summed E-state index contributed by atoms with van der Waals surface area (Å²) >= 11 is 1.55. The van der Waals surface area contributed by atoms with E-state index in [0.29, 0.717) is 0 Å². The molecule has 0 aliphatic carbocycles. The van der Waals surface area contributed by atoms with Crippen LogP contribution in [0.1, 0.15) is 5.56 Å². The van der Waals surface area contributed by atoms with Gasteiger partial charge in [-0.2, -0.15) is 4.99 Å². The van der Waals surface area contributed by atoms with Crippen LogP contribution in [0, 0.1) is 0 Å². The molecular weight excluding hydrogens is 344 g/mol. The van der Waals surface area contributed by atoms with Crippen molar-refractivity contribution in [3.05, 3.63) is 71.0 Å². The topological polar surface area (TPSA) is 43.6 Å². The number of amides is 1. The lowest BCUT2D eigenvalue weighted by Crippen LogP contribution is -2.14. The molecule has 0 saturated heterocycles. The van der Waals surface area contributed by atoms with Crippen LogP contribution in [0.5, 0.6) is 5.75 Å². The average Bonchev–Trinajstić information content (AvgIpc) is 2.98. The Morgan fingerprint density at radius 3 is 2.62 bits per heavy atom. The van der Waals surface area contributed by atoms with Crippen molar-refractivity contribution in [2.24, 2.45) is 12.0 Å². The lowest BCUT2D eigenvalue weighted by atomic mass is 10.1. The van der Waals surface area contributed by atoms with Crippen molar-refractivity contribution in [3.63, 3.8) is 0 Å². The van der Waals surface area contributed by atoms with Gasteiger partial charge in [-0.25, -0.2) is 0 Å². The number of aryl methyl sites for hydroxylation is 1. The molecule has 1 aromatic heterocycles. The molecule has 4 rings (SSSR count). The molecule has 4 aromatic rings. The molecule has 5 heteroatoms. The van der Waals surface area contributed by atoms with E-state index < -0.39 is 0 Å². The molecule has 1 amide bonds. The van der Waals surface area contributed by atoms with Crippen molar-refractivity contribution in [1.82, 2.24) is 4.57 Å². The Labute approximate surface area is 155 Å². The summed E-state index contributed by atoms with van der Waals surface area (Å²) < 4.78 is 8.28. The van der Waals surface area contributed by atoms with Gasteiger partial charge < -0.3 is 9.30 Å². The fourth-order valence-corrected chi connectivity index (χ4v) is 4.20. The lowest BCUT2D eigenvalue weighted by molar-refractivity contribution is -0.117. The van der Waals surface area contributed by atoms with E-state index in [1.54, 1.807) is 18.4 Å². The van der Waals surface area contributed by atoms with Gasteiger partial charge in [0.05, 0.1) is 23.7 Å². The molecule has 1 heterocycles. The summed E-state index contributed by atoms with van der Waals surface area (Å²) in [7, 11) is 3.58. The van der Waals surface area contributed by atoms with E-state index in [-0.39, 0.29) is 12.3 Å². The fraction of sp³-hybridized carbons (Fsp3) is 0.143. The summed E-state index contributed by atoms with van der Waals surface area (Å²) in [6.45, 7) is 0. The van der Waals surface area contributed by atoms with Crippen LogP contribution in [0.15, 0.2) is 65.7 Å². The van der Waals surface area contributed by atoms with E-state index in [1.165, 1.54) is 10.8 Å². The van der Waals surface area contributed by atoms with Gasteiger partial charge >= 0.3 is 0 Å². The number of carbonyl (C=O) groups excluding carboxylic acids is 1. The standard InChI is InChI=1S/C21H18N2O2S/c1-23-18-12-9-15-5-3-4-6-17(15)20(18)26-21(23)22-19(24)13-14-7-10-16(25-2)11-8-14/h3-12H,13H2,1-2H3. The van der Waals surface area contributed by atoms with E-state index in [4.69, 9.17) is 4.74 Å².